The smallest absolute Gasteiger partial charge is 0.337 e. The summed E-state index contributed by atoms with van der Waals surface area (Å²) in [4.78, 5) is 22.1. The lowest BCUT2D eigenvalue weighted by Crippen LogP contribution is -2.00. The van der Waals surface area contributed by atoms with Crippen molar-refractivity contribution < 1.29 is 9.53 Å². The molecule has 0 spiro atoms. The number of benzene rings is 4. The molecule has 4 nitrogen and oxygen atoms in total. The van der Waals surface area contributed by atoms with E-state index in [-0.39, 0.29) is 5.97 Å². The number of fused-ring (bicyclic) bond motifs is 1. The van der Waals surface area contributed by atoms with E-state index < -0.39 is 0 Å². The van der Waals surface area contributed by atoms with Gasteiger partial charge in [-0.15, -0.1) is 0 Å². The molecule has 0 bridgehead atoms. The predicted octanol–water partition coefficient (Wildman–Crippen LogP) is 7.18. The van der Waals surface area contributed by atoms with Crippen LogP contribution in [0.1, 0.15) is 10.4 Å². The maximum Gasteiger partial charge on any atom is 0.337 e. The number of methoxy groups -OCH3 is 1. The molecule has 5 rings (SSSR count). The molecule has 0 saturated carbocycles. The number of halogens is 1. The second-order valence-electron chi connectivity index (χ2n) is 7.51. The Bertz CT molecular complexity index is 1450. The minimum atomic E-state index is -0.360. The zero-order valence-corrected chi connectivity index (χ0v) is 19.4. The molecule has 0 atom stereocenters. The van der Waals surface area contributed by atoms with Gasteiger partial charge >= 0.3 is 5.97 Å². The maximum atomic E-state index is 11.8. The SMILES string of the molecule is COC(=O)c1ccc(-c2ccc(Br)c3nc(-c4ccccc4)c(-c4ccccc4)nc23)cc1. The number of hydrogen-bond acceptors (Lipinski definition) is 4. The fourth-order valence-electron chi connectivity index (χ4n) is 3.84. The van der Waals surface area contributed by atoms with Crippen molar-refractivity contribution in [3.8, 4) is 33.6 Å². The molecule has 5 heteroatoms. The summed E-state index contributed by atoms with van der Waals surface area (Å²) >= 11 is 3.67. The van der Waals surface area contributed by atoms with Crippen LogP contribution in [0, 0.1) is 0 Å². The second-order valence-corrected chi connectivity index (χ2v) is 8.37. The van der Waals surface area contributed by atoms with Crippen LogP contribution in [0.5, 0.6) is 0 Å². The molecular weight excluding hydrogens is 476 g/mol. The molecule has 4 aromatic carbocycles. The van der Waals surface area contributed by atoms with Crippen LogP contribution in [-0.2, 0) is 4.74 Å². The molecule has 0 aliphatic rings. The first kappa shape index (κ1) is 21.0. The molecule has 0 aliphatic carbocycles. The number of carbonyl (C=O) groups is 1. The van der Waals surface area contributed by atoms with Crippen molar-refractivity contribution in [3.63, 3.8) is 0 Å². The summed E-state index contributed by atoms with van der Waals surface area (Å²) in [6.45, 7) is 0. The highest BCUT2D eigenvalue weighted by Gasteiger charge is 2.17. The van der Waals surface area contributed by atoms with Gasteiger partial charge < -0.3 is 4.74 Å². The summed E-state index contributed by atoms with van der Waals surface area (Å²) in [6, 6.07) is 31.5. The topological polar surface area (TPSA) is 52.1 Å². The highest BCUT2D eigenvalue weighted by Crippen LogP contribution is 2.37. The Balaban J connectivity index is 1.77. The van der Waals surface area contributed by atoms with E-state index in [9.17, 15) is 4.79 Å². The average Bonchev–Trinajstić information content (AvgIpc) is 2.89. The second kappa shape index (κ2) is 8.96. The quantitative estimate of drug-likeness (QED) is 0.248. The third-order valence-corrected chi connectivity index (χ3v) is 6.12. The minimum Gasteiger partial charge on any atom is -0.465 e. The summed E-state index contributed by atoms with van der Waals surface area (Å²) in [5.74, 6) is -0.360. The van der Waals surface area contributed by atoms with E-state index in [1.807, 2.05) is 84.9 Å². The average molecular weight is 495 g/mol. The standard InChI is InChI=1S/C28H19BrN2O2/c1-33-28(32)21-14-12-18(13-15-21)22-16-17-23(29)27-26(22)30-24(19-8-4-2-5-9-19)25(31-27)20-10-6-3-7-11-20/h2-17H,1H3. The first-order valence-electron chi connectivity index (χ1n) is 10.5. The Morgan fingerprint density at radius 3 is 1.76 bits per heavy atom. The number of carbonyl (C=O) groups excluding carboxylic acids is 1. The van der Waals surface area contributed by atoms with Crippen molar-refractivity contribution >= 4 is 32.9 Å². The van der Waals surface area contributed by atoms with Crippen LogP contribution >= 0.6 is 15.9 Å². The lowest BCUT2D eigenvalue weighted by Gasteiger charge is -2.14. The van der Waals surface area contributed by atoms with Crippen molar-refractivity contribution in [2.24, 2.45) is 0 Å². The van der Waals surface area contributed by atoms with Gasteiger partial charge in [0.15, 0.2) is 0 Å². The first-order valence-corrected chi connectivity index (χ1v) is 11.2. The number of rotatable bonds is 4. The van der Waals surface area contributed by atoms with Gasteiger partial charge in [-0.05, 0) is 39.7 Å². The van der Waals surface area contributed by atoms with Gasteiger partial charge in [-0.2, -0.15) is 0 Å². The monoisotopic (exact) mass is 494 g/mol. The molecule has 0 unspecified atom stereocenters. The van der Waals surface area contributed by atoms with E-state index in [1.165, 1.54) is 7.11 Å². The zero-order chi connectivity index (χ0) is 22.8. The number of nitrogens with zero attached hydrogens (tertiary/aromatic N) is 2. The molecule has 1 heterocycles. The zero-order valence-electron chi connectivity index (χ0n) is 17.8. The van der Waals surface area contributed by atoms with E-state index in [0.717, 1.165) is 49.1 Å². The van der Waals surface area contributed by atoms with Crippen molar-refractivity contribution in [2.75, 3.05) is 7.11 Å². The molecule has 0 amide bonds. The van der Waals surface area contributed by atoms with Crippen molar-refractivity contribution in [2.45, 2.75) is 0 Å². The number of hydrogen-bond donors (Lipinski definition) is 0. The van der Waals surface area contributed by atoms with Crippen LogP contribution in [0.3, 0.4) is 0 Å². The largest absolute Gasteiger partial charge is 0.465 e. The fourth-order valence-corrected chi connectivity index (χ4v) is 4.24. The van der Waals surface area contributed by atoms with Crippen molar-refractivity contribution in [3.05, 3.63) is 107 Å². The van der Waals surface area contributed by atoms with Gasteiger partial charge in [-0.3, -0.25) is 0 Å². The summed E-state index contributed by atoms with van der Waals surface area (Å²) in [5, 5.41) is 0. The van der Waals surface area contributed by atoms with Gasteiger partial charge in [0.2, 0.25) is 0 Å². The van der Waals surface area contributed by atoms with E-state index in [4.69, 9.17) is 14.7 Å². The van der Waals surface area contributed by atoms with Gasteiger partial charge in [0.1, 0.15) is 5.52 Å². The van der Waals surface area contributed by atoms with Gasteiger partial charge in [0.25, 0.3) is 0 Å². The lowest BCUT2D eigenvalue weighted by molar-refractivity contribution is 0.0601. The van der Waals surface area contributed by atoms with E-state index in [1.54, 1.807) is 12.1 Å². The third-order valence-electron chi connectivity index (χ3n) is 5.48. The number of ether oxygens (including phenoxy) is 1. The molecule has 0 radical (unpaired) electrons. The molecule has 1 aromatic heterocycles. The van der Waals surface area contributed by atoms with E-state index >= 15 is 0 Å². The van der Waals surface area contributed by atoms with Gasteiger partial charge in [-0.25, -0.2) is 14.8 Å². The molecular formula is C28H19BrN2O2. The lowest BCUT2D eigenvalue weighted by atomic mass is 10.00. The molecule has 0 N–H and O–H groups in total. The molecule has 0 fully saturated rings. The molecule has 5 aromatic rings. The summed E-state index contributed by atoms with van der Waals surface area (Å²) < 4.78 is 5.69. The molecule has 0 aliphatic heterocycles. The van der Waals surface area contributed by atoms with Gasteiger partial charge in [-0.1, -0.05) is 78.9 Å². The van der Waals surface area contributed by atoms with Crippen LogP contribution in [0.15, 0.2) is 102 Å². The van der Waals surface area contributed by atoms with Crippen molar-refractivity contribution in [1.82, 2.24) is 9.97 Å². The highest BCUT2D eigenvalue weighted by atomic mass is 79.9. The Morgan fingerprint density at radius 1 is 0.667 bits per heavy atom. The molecule has 33 heavy (non-hydrogen) atoms. The first-order chi connectivity index (χ1) is 16.2. The van der Waals surface area contributed by atoms with Crippen LogP contribution < -0.4 is 0 Å². The third kappa shape index (κ3) is 4.03. The van der Waals surface area contributed by atoms with Crippen LogP contribution in [0.4, 0.5) is 0 Å². The Hall–Kier alpha value is -3.83. The van der Waals surface area contributed by atoms with E-state index in [0.29, 0.717) is 5.56 Å². The minimum absolute atomic E-state index is 0.360. The normalized spacial score (nSPS) is 10.8. The van der Waals surface area contributed by atoms with Crippen molar-refractivity contribution in [1.29, 1.82) is 0 Å². The fraction of sp³-hybridized carbons (Fsp3) is 0.0357. The van der Waals surface area contributed by atoms with Crippen LogP contribution in [0.2, 0.25) is 0 Å². The Morgan fingerprint density at radius 2 is 1.21 bits per heavy atom. The Kier molecular flexibility index (Phi) is 5.71. The molecule has 0 saturated heterocycles. The summed E-state index contributed by atoms with van der Waals surface area (Å²) in [5.41, 5.74) is 7.60. The van der Waals surface area contributed by atoms with Gasteiger partial charge in [0, 0.05) is 21.2 Å². The predicted molar refractivity (Wildman–Crippen MR) is 135 cm³/mol. The van der Waals surface area contributed by atoms with E-state index in [2.05, 4.69) is 15.9 Å². The summed E-state index contributed by atoms with van der Waals surface area (Å²) in [7, 11) is 1.38. The number of aromatic nitrogens is 2. The van der Waals surface area contributed by atoms with Crippen LogP contribution in [-0.4, -0.2) is 23.0 Å². The Labute approximate surface area is 200 Å². The maximum absolute atomic E-state index is 11.8. The van der Waals surface area contributed by atoms with Gasteiger partial charge in [0.05, 0.1) is 29.6 Å². The highest BCUT2D eigenvalue weighted by molar-refractivity contribution is 9.10. The number of esters is 1. The van der Waals surface area contributed by atoms with Crippen LogP contribution in [0.25, 0.3) is 44.7 Å². The summed E-state index contributed by atoms with van der Waals surface area (Å²) in [6.07, 6.45) is 0. The molecule has 160 valence electrons.